The van der Waals surface area contributed by atoms with Crippen LogP contribution in [0.2, 0.25) is 0 Å². The zero-order valence-corrected chi connectivity index (χ0v) is 17.0. The lowest BCUT2D eigenvalue weighted by molar-refractivity contribution is 0.0991. The first kappa shape index (κ1) is 19.9. The van der Waals surface area contributed by atoms with Gasteiger partial charge in [0.2, 0.25) is 5.09 Å². The van der Waals surface area contributed by atoms with Gasteiger partial charge in [0.15, 0.2) is 5.76 Å². The number of carbonyl (C=O) groups excluding carboxylic acids is 1. The van der Waals surface area contributed by atoms with Gasteiger partial charge in [0, 0.05) is 36.8 Å². The predicted octanol–water partition coefficient (Wildman–Crippen LogP) is 2.30. The van der Waals surface area contributed by atoms with Gasteiger partial charge in [-0.2, -0.15) is 11.8 Å². The summed E-state index contributed by atoms with van der Waals surface area (Å²) < 4.78 is 30.7. The van der Waals surface area contributed by atoms with Crippen LogP contribution in [0.15, 0.2) is 39.8 Å². The number of sulfonamides is 1. The molecule has 2 heterocycles. The molecule has 0 aliphatic carbocycles. The number of hydrogen-bond acceptors (Lipinski definition) is 6. The first-order valence-electron chi connectivity index (χ1n) is 8.63. The molecule has 0 bridgehead atoms. The molecule has 0 atom stereocenters. The fraction of sp³-hybridized carbons (Fsp3) is 0.389. The Bertz CT molecular complexity index is 918. The van der Waals surface area contributed by atoms with Gasteiger partial charge in [-0.1, -0.05) is 12.1 Å². The Morgan fingerprint density at radius 2 is 1.96 bits per heavy atom. The average molecular weight is 410 g/mol. The van der Waals surface area contributed by atoms with Crippen molar-refractivity contribution in [3.8, 4) is 0 Å². The quantitative estimate of drug-likeness (QED) is 0.761. The molecule has 3 rings (SSSR count). The Hall–Kier alpha value is -1.81. The summed E-state index contributed by atoms with van der Waals surface area (Å²) in [6, 6.07) is 8.54. The summed E-state index contributed by atoms with van der Waals surface area (Å²) in [6.45, 7) is 5.03. The van der Waals surface area contributed by atoms with Crippen LogP contribution in [-0.4, -0.2) is 50.9 Å². The zero-order chi connectivity index (χ0) is 19.4. The van der Waals surface area contributed by atoms with E-state index in [0.717, 1.165) is 25.2 Å². The van der Waals surface area contributed by atoms with Gasteiger partial charge in [0.05, 0.1) is 0 Å². The molecule has 0 unspecified atom stereocenters. The fourth-order valence-electron chi connectivity index (χ4n) is 2.85. The minimum absolute atomic E-state index is 0.0573. The third-order valence-corrected chi connectivity index (χ3v) is 6.62. The molecule has 1 fully saturated rings. The minimum Gasteiger partial charge on any atom is -0.438 e. The third-order valence-electron chi connectivity index (χ3n) is 4.39. The molecule has 0 radical (unpaired) electrons. The summed E-state index contributed by atoms with van der Waals surface area (Å²) >= 11 is 1.98. The van der Waals surface area contributed by atoms with Crippen LogP contribution < -0.4 is 10.0 Å². The van der Waals surface area contributed by atoms with Crippen molar-refractivity contribution in [2.45, 2.75) is 18.6 Å². The number of nitrogens with one attached hydrogen (secondary N) is 2. The van der Waals surface area contributed by atoms with Gasteiger partial charge in [-0.05, 0) is 43.3 Å². The average Bonchev–Trinajstić information content (AvgIpc) is 3.16. The van der Waals surface area contributed by atoms with Crippen LogP contribution >= 0.6 is 11.8 Å². The van der Waals surface area contributed by atoms with Crippen LogP contribution in [0.4, 0.5) is 5.69 Å². The molecule has 1 saturated heterocycles. The first-order chi connectivity index (χ1) is 12.9. The molecule has 146 valence electrons. The Morgan fingerprint density at radius 1 is 1.22 bits per heavy atom. The van der Waals surface area contributed by atoms with Crippen molar-refractivity contribution >= 4 is 33.4 Å². The fourth-order valence-corrected chi connectivity index (χ4v) is 4.48. The van der Waals surface area contributed by atoms with E-state index in [9.17, 15) is 13.2 Å². The van der Waals surface area contributed by atoms with Crippen molar-refractivity contribution in [3.63, 3.8) is 0 Å². The van der Waals surface area contributed by atoms with Gasteiger partial charge in [-0.25, -0.2) is 13.1 Å². The van der Waals surface area contributed by atoms with Crippen LogP contribution in [0.5, 0.6) is 0 Å². The number of anilines is 1. The topological polar surface area (TPSA) is 91.6 Å². The smallest absolute Gasteiger partial charge is 0.291 e. The van der Waals surface area contributed by atoms with E-state index in [-0.39, 0.29) is 10.9 Å². The molecule has 2 N–H and O–H groups in total. The Labute approximate surface area is 163 Å². The lowest BCUT2D eigenvalue weighted by atomic mass is 10.1. The molecule has 7 nitrogen and oxygen atoms in total. The number of thioether (sulfide) groups is 1. The van der Waals surface area contributed by atoms with Crippen molar-refractivity contribution in [2.75, 3.05) is 37.0 Å². The number of carbonyl (C=O) groups is 1. The first-order valence-corrected chi connectivity index (χ1v) is 11.3. The summed E-state index contributed by atoms with van der Waals surface area (Å²) in [5.74, 6) is 1.79. The van der Waals surface area contributed by atoms with Crippen molar-refractivity contribution in [2.24, 2.45) is 0 Å². The van der Waals surface area contributed by atoms with E-state index in [1.54, 1.807) is 0 Å². The zero-order valence-electron chi connectivity index (χ0n) is 15.3. The van der Waals surface area contributed by atoms with Crippen LogP contribution in [0.3, 0.4) is 0 Å². The molecule has 1 amide bonds. The third kappa shape index (κ3) is 4.92. The number of amides is 1. The van der Waals surface area contributed by atoms with Crippen molar-refractivity contribution < 1.29 is 17.6 Å². The molecular weight excluding hydrogens is 386 g/mol. The summed E-state index contributed by atoms with van der Waals surface area (Å²) in [6.07, 6.45) is 0. The summed E-state index contributed by atoms with van der Waals surface area (Å²) in [4.78, 5) is 14.8. The highest BCUT2D eigenvalue weighted by molar-refractivity contribution is 7.99. The number of nitrogens with zero attached hydrogens (tertiary/aromatic N) is 1. The van der Waals surface area contributed by atoms with E-state index in [0.29, 0.717) is 5.69 Å². The van der Waals surface area contributed by atoms with E-state index in [2.05, 4.69) is 21.0 Å². The summed E-state index contributed by atoms with van der Waals surface area (Å²) in [5.41, 5.74) is 2.83. The molecule has 1 aromatic heterocycles. The number of furan rings is 1. The van der Waals surface area contributed by atoms with Crippen LogP contribution in [0.1, 0.15) is 21.7 Å². The highest BCUT2D eigenvalue weighted by Crippen LogP contribution is 2.21. The Kier molecular flexibility index (Phi) is 6.25. The highest BCUT2D eigenvalue weighted by Gasteiger charge is 2.20. The molecule has 9 heteroatoms. The second kappa shape index (κ2) is 8.47. The normalized spacial score (nSPS) is 15.6. The number of hydrogen-bond donors (Lipinski definition) is 2. The van der Waals surface area contributed by atoms with Crippen LogP contribution in [0.25, 0.3) is 0 Å². The highest BCUT2D eigenvalue weighted by atomic mass is 32.2. The molecule has 1 aliphatic heterocycles. The lowest BCUT2D eigenvalue weighted by Crippen LogP contribution is -2.31. The second-order valence-corrected chi connectivity index (χ2v) is 9.36. The van der Waals surface area contributed by atoms with Crippen molar-refractivity contribution in [1.29, 1.82) is 0 Å². The molecule has 1 aromatic carbocycles. The Morgan fingerprint density at radius 3 is 2.63 bits per heavy atom. The SMILES string of the molecule is CNS(=O)(=O)c1ccc(C(=O)Nc2ccc(CN3CCSCC3)cc2C)o1. The molecule has 2 aromatic rings. The molecule has 1 aliphatic rings. The van der Waals surface area contributed by atoms with Crippen LogP contribution in [-0.2, 0) is 16.6 Å². The molecule has 0 saturated carbocycles. The van der Waals surface area contributed by atoms with Crippen molar-refractivity contribution in [3.05, 3.63) is 47.2 Å². The number of aryl methyl sites for hydroxylation is 1. The summed E-state index contributed by atoms with van der Waals surface area (Å²) in [7, 11) is -2.43. The monoisotopic (exact) mass is 409 g/mol. The second-order valence-electron chi connectivity index (χ2n) is 6.32. The summed E-state index contributed by atoms with van der Waals surface area (Å²) in [5, 5.41) is 2.49. The predicted molar refractivity (Wildman–Crippen MR) is 107 cm³/mol. The van der Waals surface area contributed by atoms with Gasteiger partial charge in [0.25, 0.3) is 15.9 Å². The van der Waals surface area contributed by atoms with Gasteiger partial charge < -0.3 is 9.73 Å². The molecular formula is C18H23N3O4S2. The van der Waals surface area contributed by atoms with Gasteiger partial charge in [-0.3, -0.25) is 9.69 Å². The Balaban J connectivity index is 1.67. The van der Waals surface area contributed by atoms with Crippen LogP contribution in [0, 0.1) is 6.92 Å². The maximum atomic E-state index is 12.4. The van der Waals surface area contributed by atoms with E-state index >= 15 is 0 Å². The van der Waals surface area contributed by atoms with E-state index in [1.165, 1.54) is 36.2 Å². The minimum atomic E-state index is -3.71. The number of benzene rings is 1. The molecule has 27 heavy (non-hydrogen) atoms. The van der Waals surface area contributed by atoms with E-state index in [4.69, 9.17) is 4.42 Å². The largest absolute Gasteiger partial charge is 0.438 e. The molecule has 0 spiro atoms. The maximum Gasteiger partial charge on any atom is 0.291 e. The maximum absolute atomic E-state index is 12.4. The standard InChI is InChI=1S/C18H23N3O4S2/c1-13-11-14(12-21-7-9-26-10-8-21)3-4-15(13)20-18(22)16-5-6-17(25-16)27(23,24)19-2/h3-6,11,19H,7-10,12H2,1-2H3,(H,20,22). The van der Waals surface area contributed by atoms with Gasteiger partial charge in [-0.15, -0.1) is 0 Å². The van der Waals surface area contributed by atoms with Gasteiger partial charge in [0.1, 0.15) is 0 Å². The lowest BCUT2D eigenvalue weighted by Gasteiger charge is -2.26. The number of rotatable bonds is 6. The van der Waals surface area contributed by atoms with E-state index in [1.807, 2.05) is 30.8 Å². The van der Waals surface area contributed by atoms with E-state index < -0.39 is 15.9 Å². The van der Waals surface area contributed by atoms with Crippen molar-refractivity contribution in [1.82, 2.24) is 9.62 Å². The van der Waals surface area contributed by atoms with Gasteiger partial charge >= 0.3 is 0 Å².